The molecule has 0 amide bonds. The first-order chi connectivity index (χ1) is 6.08. The van der Waals surface area contributed by atoms with Crippen LogP contribution in [0.3, 0.4) is 0 Å². The summed E-state index contributed by atoms with van der Waals surface area (Å²) in [4.78, 5) is 1.41. The standard InChI is InChI=1S/C10H14BrNS/c1-10(2)4-9(10)12-5-8-3-7(11)6-13-8/h3,6,9,12H,4-5H2,1-2H3. The van der Waals surface area contributed by atoms with Gasteiger partial charge in [-0.2, -0.15) is 0 Å². The van der Waals surface area contributed by atoms with Crippen LogP contribution in [-0.4, -0.2) is 6.04 Å². The minimum Gasteiger partial charge on any atom is -0.309 e. The summed E-state index contributed by atoms with van der Waals surface area (Å²) in [7, 11) is 0. The van der Waals surface area contributed by atoms with E-state index in [4.69, 9.17) is 0 Å². The molecule has 1 saturated carbocycles. The van der Waals surface area contributed by atoms with Gasteiger partial charge in [0.05, 0.1) is 0 Å². The molecule has 72 valence electrons. The number of hydrogen-bond acceptors (Lipinski definition) is 2. The summed E-state index contributed by atoms with van der Waals surface area (Å²) in [5.41, 5.74) is 0.536. The van der Waals surface area contributed by atoms with Gasteiger partial charge in [-0.15, -0.1) is 11.3 Å². The highest BCUT2D eigenvalue weighted by Crippen LogP contribution is 2.44. The molecule has 1 fully saturated rings. The number of thiophene rings is 1. The highest BCUT2D eigenvalue weighted by Gasteiger charge is 2.44. The number of nitrogens with one attached hydrogen (secondary N) is 1. The Hall–Kier alpha value is 0.140. The third-order valence-electron chi connectivity index (χ3n) is 2.66. The molecule has 1 aromatic heterocycles. The van der Waals surface area contributed by atoms with Gasteiger partial charge in [0.1, 0.15) is 0 Å². The summed E-state index contributed by atoms with van der Waals surface area (Å²) in [6.45, 7) is 5.65. The molecule has 1 N–H and O–H groups in total. The molecule has 0 spiro atoms. The third kappa shape index (κ3) is 2.33. The molecule has 1 aliphatic carbocycles. The van der Waals surface area contributed by atoms with Crippen molar-refractivity contribution >= 4 is 27.3 Å². The molecule has 1 atom stereocenters. The first kappa shape index (κ1) is 9.69. The second-order valence-corrected chi connectivity index (χ2v) is 6.27. The zero-order chi connectivity index (χ0) is 9.47. The average Bonchev–Trinajstić information content (AvgIpc) is 2.45. The van der Waals surface area contributed by atoms with E-state index >= 15 is 0 Å². The number of hydrogen-bond donors (Lipinski definition) is 1. The van der Waals surface area contributed by atoms with E-state index in [1.54, 1.807) is 0 Å². The maximum atomic E-state index is 3.57. The van der Waals surface area contributed by atoms with Gasteiger partial charge < -0.3 is 5.32 Å². The van der Waals surface area contributed by atoms with E-state index in [0.717, 1.165) is 12.6 Å². The lowest BCUT2D eigenvalue weighted by Crippen LogP contribution is -2.19. The largest absolute Gasteiger partial charge is 0.309 e. The van der Waals surface area contributed by atoms with Crippen molar-refractivity contribution in [1.29, 1.82) is 0 Å². The Morgan fingerprint density at radius 1 is 1.69 bits per heavy atom. The molecule has 1 heterocycles. The van der Waals surface area contributed by atoms with Crippen LogP contribution in [0, 0.1) is 5.41 Å². The molecular formula is C10H14BrNS. The van der Waals surface area contributed by atoms with E-state index < -0.39 is 0 Å². The highest BCUT2D eigenvalue weighted by atomic mass is 79.9. The zero-order valence-corrected chi connectivity index (χ0v) is 10.3. The molecule has 0 bridgehead atoms. The van der Waals surface area contributed by atoms with Crippen LogP contribution in [-0.2, 0) is 6.54 Å². The zero-order valence-electron chi connectivity index (χ0n) is 7.93. The van der Waals surface area contributed by atoms with E-state index in [9.17, 15) is 0 Å². The van der Waals surface area contributed by atoms with Crippen molar-refractivity contribution in [2.24, 2.45) is 5.41 Å². The van der Waals surface area contributed by atoms with Gasteiger partial charge in [0, 0.05) is 27.3 Å². The monoisotopic (exact) mass is 259 g/mol. The average molecular weight is 260 g/mol. The van der Waals surface area contributed by atoms with Crippen molar-refractivity contribution in [3.8, 4) is 0 Å². The quantitative estimate of drug-likeness (QED) is 0.878. The van der Waals surface area contributed by atoms with Crippen molar-refractivity contribution in [1.82, 2.24) is 5.32 Å². The Labute approximate surface area is 91.7 Å². The fourth-order valence-electron chi connectivity index (χ4n) is 1.49. The molecule has 0 saturated heterocycles. The Morgan fingerprint density at radius 3 is 2.85 bits per heavy atom. The van der Waals surface area contributed by atoms with Crippen LogP contribution in [0.1, 0.15) is 25.1 Å². The second-order valence-electron chi connectivity index (χ2n) is 4.36. The molecule has 3 heteroatoms. The first-order valence-corrected chi connectivity index (χ1v) is 6.21. The summed E-state index contributed by atoms with van der Waals surface area (Å²) in [6, 6.07) is 2.92. The predicted molar refractivity (Wildman–Crippen MR) is 61.0 cm³/mol. The lowest BCUT2D eigenvalue weighted by Gasteiger charge is -2.04. The molecular weight excluding hydrogens is 246 g/mol. The molecule has 0 aromatic carbocycles. The maximum Gasteiger partial charge on any atom is 0.0302 e. The second kappa shape index (κ2) is 3.37. The van der Waals surface area contributed by atoms with E-state index in [1.165, 1.54) is 15.8 Å². The maximum absolute atomic E-state index is 3.57. The first-order valence-electron chi connectivity index (χ1n) is 4.54. The Kier molecular flexibility index (Phi) is 2.51. The molecule has 2 rings (SSSR count). The summed E-state index contributed by atoms with van der Waals surface area (Å²) in [5, 5.41) is 5.70. The summed E-state index contributed by atoms with van der Waals surface area (Å²) in [5.74, 6) is 0. The van der Waals surface area contributed by atoms with Crippen molar-refractivity contribution in [3.05, 3.63) is 20.8 Å². The van der Waals surface area contributed by atoms with Crippen LogP contribution in [0.4, 0.5) is 0 Å². The van der Waals surface area contributed by atoms with E-state index in [1.807, 2.05) is 11.3 Å². The van der Waals surface area contributed by atoms with Crippen molar-refractivity contribution < 1.29 is 0 Å². The molecule has 1 aromatic rings. The van der Waals surface area contributed by atoms with E-state index in [2.05, 4.69) is 46.5 Å². The summed E-state index contributed by atoms with van der Waals surface area (Å²) < 4.78 is 1.20. The predicted octanol–water partition coefficient (Wildman–Crippen LogP) is 3.40. The van der Waals surface area contributed by atoms with Crippen LogP contribution < -0.4 is 5.32 Å². The van der Waals surface area contributed by atoms with E-state index in [0.29, 0.717) is 5.41 Å². The van der Waals surface area contributed by atoms with Gasteiger partial charge in [-0.05, 0) is 33.8 Å². The fourth-order valence-corrected chi connectivity index (χ4v) is 2.89. The van der Waals surface area contributed by atoms with Gasteiger partial charge in [0.15, 0.2) is 0 Å². The Bertz CT molecular complexity index is 306. The summed E-state index contributed by atoms with van der Waals surface area (Å²) in [6.07, 6.45) is 1.32. The molecule has 0 radical (unpaired) electrons. The van der Waals surface area contributed by atoms with Gasteiger partial charge >= 0.3 is 0 Å². The van der Waals surface area contributed by atoms with Crippen LogP contribution in [0.25, 0.3) is 0 Å². The van der Waals surface area contributed by atoms with Gasteiger partial charge in [-0.25, -0.2) is 0 Å². The van der Waals surface area contributed by atoms with Crippen molar-refractivity contribution in [2.75, 3.05) is 0 Å². The molecule has 1 aliphatic rings. The Balaban J connectivity index is 1.81. The SMILES string of the molecule is CC1(C)CC1NCc1cc(Br)cs1. The highest BCUT2D eigenvalue weighted by molar-refractivity contribution is 9.10. The Morgan fingerprint density at radius 2 is 2.38 bits per heavy atom. The molecule has 1 unspecified atom stereocenters. The van der Waals surface area contributed by atoms with Crippen LogP contribution >= 0.6 is 27.3 Å². The smallest absolute Gasteiger partial charge is 0.0302 e. The lowest BCUT2D eigenvalue weighted by molar-refractivity contribution is 0.544. The minimum atomic E-state index is 0.536. The molecule has 0 aliphatic heterocycles. The van der Waals surface area contributed by atoms with Crippen molar-refractivity contribution in [3.63, 3.8) is 0 Å². The topological polar surface area (TPSA) is 12.0 Å². The normalized spacial score (nSPS) is 24.7. The third-order valence-corrected chi connectivity index (χ3v) is 4.36. The van der Waals surface area contributed by atoms with Crippen molar-refractivity contribution in [2.45, 2.75) is 32.9 Å². The molecule has 13 heavy (non-hydrogen) atoms. The minimum absolute atomic E-state index is 0.536. The van der Waals surface area contributed by atoms with Gasteiger partial charge in [-0.3, -0.25) is 0 Å². The lowest BCUT2D eigenvalue weighted by atomic mass is 10.2. The number of rotatable bonds is 3. The van der Waals surface area contributed by atoms with Crippen LogP contribution in [0.5, 0.6) is 0 Å². The van der Waals surface area contributed by atoms with Gasteiger partial charge in [-0.1, -0.05) is 13.8 Å². The molecule has 1 nitrogen and oxygen atoms in total. The summed E-state index contributed by atoms with van der Waals surface area (Å²) >= 11 is 5.27. The fraction of sp³-hybridized carbons (Fsp3) is 0.600. The van der Waals surface area contributed by atoms with E-state index in [-0.39, 0.29) is 0 Å². The number of halogens is 1. The van der Waals surface area contributed by atoms with Crippen LogP contribution in [0.15, 0.2) is 15.9 Å². The van der Waals surface area contributed by atoms with Gasteiger partial charge in [0.2, 0.25) is 0 Å². The van der Waals surface area contributed by atoms with Crippen LogP contribution in [0.2, 0.25) is 0 Å². The van der Waals surface area contributed by atoms with Gasteiger partial charge in [0.25, 0.3) is 0 Å².